The van der Waals surface area contributed by atoms with Gasteiger partial charge < -0.3 is 0 Å². The molecule has 1 aromatic carbocycles. The molecule has 0 fully saturated rings. The zero-order valence-corrected chi connectivity index (χ0v) is 7.71. The van der Waals surface area contributed by atoms with Crippen LogP contribution in [-0.4, -0.2) is 6.29 Å². The van der Waals surface area contributed by atoms with Crippen molar-refractivity contribution in [1.82, 2.24) is 0 Å². The smallest absolute Gasteiger partial charge is 0.142 e. The Kier molecular flexibility index (Phi) is 3.17. The molecule has 0 radical (unpaired) electrons. The maximum atomic E-state index is 12.8. The van der Waals surface area contributed by atoms with Gasteiger partial charge in [0.25, 0.3) is 0 Å². The lowest BCUT2D eigenvalue weighted by molar-refractivity contribution is -0.104. The van der Waals surface area contributed by atoms with Crippen LogP contribution >= 0.6 is 15.9 Å². The van der Waals surface area contributed by atoms with E-state index in [1.807, 2.05) is 0 Å². The molecule has 0 atom stereocenters. The number of benzene rings is 1. The van der Waals surface area contributed by atoms with Crippen LogP contribution in [0.4, 0.5) is 4.39 Å². The van der Waals surface area contributed by atoms with Gasteiger partial charge in [-0.3, -0.25) is 4.79 Å². The summed E-state index contributed by atoms with van der Waals surface area (Å²) in [6.45, 7) is 0. The van der Waals surface area contributed by atoms with Crippen LogP contribution in [0.5, 0.6) is 0 Å². The lowest BCUT2D eigenvalue weighted by Gasteiger charge is -1.95. The molecular weight excluding hydrogens is 223 g/mol. The highest BCUT2D eigenvalue weighted by Crippen LogP contribution is 2.16. The van der Waals surface area contributed by atoms with Gasteiger partial charge in [-0.25, -0.2) is 4.39 Å². The van der Waals surface area contributed by atoms with E-state index in [1.165, 1.54) is 12.1 Å². The fourth-order valence-electron chi connectivity index (χ4n) is 0.766. The van der Waals surface area contributed by atoms with Gasteiger partial charge in [0.2, 0.25) is 0 Å². The van der Waals surface area contributed by atoms with Gasteiger partial charge in [-0.05, 0) is 39.7 Å². The summed E-state index contributed by atoms with van der Waals surface area (Å²) in [4.78, 5) is 9.94. The number of hydrogen-bond acceptors (Lipinski definition) is 1. The SMILES string of the molecule is O=CC=Cc1ccc(Br)c(F)c1. The van der Waals surface area contributed by atoms with Crippen LogP contribution in [0.25, 0.3) is 6.08 Å². The third-order valence-electron chi connectivity index (χ3n) is 1.31. The molecule has 12 heavy (non-hydrogen) atoms. The minimum Gasteiger partial charge on any atom is -0.299 e. The van der Waals surface area contributed by atoms with E-state index in [2.05, 4.69) is 15.9 Å². The number of hydrogen-bond donors (Lipinski definition) is 0. The molecule has 0 N–H and O–H groups in total. The molecule has 3 heteroatoms. The Labute approximate surface area is 78.0 Å². The highest BCUT2D eigenvalue weighted by Gasteiger charge is 1.96. The first-order chi connectivity index (χ1) is 5.74. The third-order valence-corrected chi connectivity index (χ3v) is 1.95. The predicted octanol–water partition coefficient (Wildman–Crippen LogP) is 2.80. The van der Waals surface area contributed by atoms with E-state index in [9.17, 15) is 9.18 Å². The number of carbonyl (C=O) groups excluding carboxylic acids is 1. The molecule has 0 spiro atoms. The highest BCUT2D eigenvalue weighted by atomic mass is 79.9. The van der Waals surface area contributed by atoms with Crippen molar-refractivity contribution in [3.05, 3.63) is 40.1 Å². The van der Waals surface area contributed by atoms with Crippen molar-refractivity contribution in [2.45, 2.75) is 0 Å². The van der Waals surface area contributed by atoms with Gasteiger partial charge in [0.1, 0.15) is 12.1 Å². The van der Waals surface area contributed by atoms with E-state index < -0.39 is 0 Å². The van der Waals surface area contributed by atoms with Crippen LogP contribution in [0.2, 0.25) is 0 Å². The van der Waals surface area contributed by atoms with E-state index in [0.29, 0.717) is 16.3 Å². The Morgan fingerprint density at radius 3 is 2.75 bits per heavy atom. The fourth-order valence-corrected chi connectivity index (χ4v) is 1.01. The van der Waals surface area contributed by atoms with Crippen LogP contribution in [-0.2, 0) is 4.79 Å². The summed E-state index contributed by atoms with van der Waals surface area (Å²) in [6.07, 6.45) is 3.52. The van der Waals surface area contributed by atoms with Crippen molar-refractivity contribution in [1.29, 1.82) is 0 Å². The van der Waals surface area contributed by atoms with E-state index >= 15 is 0 Å². The molecule has 0 aliphatic heterocycles. The quantitative estimate of drug-likeness (QED) is 0.562. The summed E-state index contributed by atoms with van der Waals surface area (Å²) in [5.74, 6) is -0.331. The second kappa shape index (κ2) is 4.16. The molecule has 1 rings (SSSR count). The maximum absolute atomic E-state index is 12.8. The molecule has 0 bridgehead atoms. The number of rotatable bonds is 2. The second-order valence-electron chi connectivity index (χ2n) is 2.17. The minimum absolute atomic E-state index is 0.331. The summed E-state index contributed by atoms with van der Waals surface area (Å²) in [6, 6.07) is 4.66. The van der Waals surface area contributed by atoms with Crippen molar-refractivity contribution in [3.63, 3.8) is 0 Å². The molecule has 0 heterocycles. The molecule has 0 amide bonds. The minimum atomic E-state index is -0.331. The molecule has 0 saturated heterocycles. The lowest BCUT2D eigenvalue weighted by atomic mass is 10.2. The first-order valence-corrected chi connectivity index (χ1v) is 4.10. The zero-order valence-electron chi connectivity index (χ0n) is 6.13. The standard InChI is InChI=1S/C9H6BrFO/c10-8-4-3-7(2-1-5-12)6-9(8)11/h1-6H. The van der Waals surface area contributed by atoms with Gasteiger partial charge in [-0.2, -0.15) is 0 Å². The predicted molar refractivity (Wildman–Crippen MR) is 49.2 cm³/mol. The first-order valence-electron chi connectivity index (χ1n) is 3.31. The Morgan fingerprint density at radius 1 is 1.42 bits per heavy atom. The van der Waals surface area contributed by atoms with E-state index in [4.69, 9.17) is 0 Å². The van der Waals surface area contributed by atoms with Gasteiger partial charge in [0.15, 0.2) is 0 Å². The van der Waals surface area contributed by atoms with Gasteiger partial charge >= 0.3 is 0 Å². The average molecular weight is 229 g/mol. The van der Waals surface area contributed by atoms with Crippen molar-refractivity contribution in [2.75, 3.05) is 0 Å². The molecule has 0 unspecified atom stereocenters. The van der Waals surface area contributed by atoms with Gasteiger partial charge in [-0.1, -0.05) is 12.1 Å². The van der Waals surface area contributed by atoms with Crippen LogP contribution in [0, 0.1) is 5.82 Å². The van der Waals surface area contributed by atoms with E-state index in [0.717, 1.165) is 0 Å². The fraction of sp³-hybridized carbons (Fsp3) is 0. The summed E-state index contributed by atoms with van der Waals surface area (Å²) < 4.78 is 13.3. The molecule has 0 aromatic heterocycles. The monoisotopic (exact) mass is 228 g/mol. The molecule has 0 aliphatic rings. The van der Waals surface area contributed by atoms with Gasteiger partial charge in [-0.15, -0.1) is 0 Å². The Hall–Kier alpha value is -0.960. The normalized spacial score (nSPS) is 10.5. The molecule has 0 saturated carbocycles. The molecular formula is C9H6BrFO. The third kappa shape index (κ3) is 2.27. The molecule has 1 nitrogen and oxygen atoms in total. The molecule has 0 aliphatic carbocycles. The van der Waals surface area contributed by atoms with Gasteiger partial charge in [0, 0.05) is 0 Å². The largest absolute Gasteiger partial charge is 0.299 e. The number of carbonyl (C=O) groups is 1. The Balaban J connectivity index is 2.96. The van der Waals surface area contributed by atoms with Crippen LogP contribution in [0.15, 0.2) is 28.7 Å². The maximum Gasteiger partial charge on any atom is 0.142 e. The van der Waals surface area contributed by atoms with Crippen LogP contribution < -0.4 is 0 Å². The molecule has 1 aromatic rings. The Bertz CT molecular complexity index is 320. The van der Waals surface area contributed by atoms with Crippen LogP contribution in [0.1, 0.15) is 5.56 Å². The average Bonchev–Trinajstić information content (AvgIpc) is 2.07. The molecule has 62 valence electrons. The van der Waals surface area contributed by atoms with Gasteiger partial charge in [0.05, 0.1) is 4.47 Å². The van der Waals surface area contributed by atoms with Crippen molar-refractivity contribution >= 4 is 28.3 Å². The van der Waals surface area contributed by atoms with Crippen molar-refractivity contribution < 1.29 is 9.18 Å². The van der Waals surface area contributed by atoms with Crippen molar-refractivity contribution in [3.8, 4) is 0 Å². The zero-order chi connectivity index (χ0) is 8.97. The number of allylic oxidation sites excluding steroid dienone is 1. The van der Waals surface area contributed by atoms with Crippen LogP contribution in [0.3, 0.4) is 0 Å². The summed E-state index contributed by atoms with van der Waals surface area (Å²) in [5, 5.41) is 0. The van der Waals surface area contributed by atoms with E-state index in [-0.39, 0.29) is 5.82 Å². The van der Waals surface area contributed by atoms with Crippen molar-refractivity contribution in [2.24, 2.45) is 0 Å². The summed E-state index contributed by atoms with van der Waals surface area (Å²) in [5.41, 5.74) is 0.669. The number of halogens is 2. The second-order valence-corrected chi connectivity index (χ2v) is 3.02. The summed E-state index contributed by atoms with van der Waals surface area (Å²) in [7, 11) is 0. The topological polar surface area (TPSA) is 17.1 Å². The highest BCUT2D eigenvalue weighted by molar-refractivity contribution is 9.10. The Morgan fingerprint density at radius 2 is 2.17 bits per heavy atom. The summed E-state index contributed by atoms with van der Waals surface area (Å²) >= 11 is 3.03. The number of aldehydes is 1. The lowest BCUT2D eigenvalue weighted by Crippen LogP contribution is -1.78. The van der Waals surface area contributed by atoms with E-state index in [1.54, 1.807) is 18.2 Å². The first kappa shape index (κ1) is 9.13.